The van der Waals surface area contributed by atoms with Crippen molar-refractivity contribution in [1.29, 1.82) is 0 Å². The smallest absolute Gasteiger partial charge is 0.261 e. The zero-order valence-electron chi connectivity index (χ0n) is 18.3. The summed E-state index contributed by atoms with van der Waals surface area (Å²) in [6, 6.07) is 16.8. The van der Waals surface area contributed by atoms with E-state index in [0.29, 0.717) is 29.9 Å². The van der Waals surface area contributed by atoms with Crippen molar-refractivity contribution in [3.63, 3.8) is 0 Å². The van der Waals surface area contributed by atoms with Crippen LogP contribution in [0.1, 0.15) is 33.6 Å². The van der Waals surface area contributed by atoms with Crippen LogP contribution in [0.5, 0.6) is 5.75 Å². The van der Waals surface area contributed by atoms with Gasteiger partial charge in [0.05, 0.1) is 23.8 Å². The number of methoxy groups -OCH3 is 1. The van der Waals surface area contributed by atoms with Gasteiger partial charge in [0, 0.05) is 36.4 Å². The zero-order chi connectivity index (χ0) is 22.9. The molecule has 2 aromatic carbocycles. The molecule has 2 N–H and O–H groups in total. The molecule has 2 amide bonds. The number of amides is 2. The third kappa shape index (κ3) is 3.61. The van der Waals surface area contributed by atoms with Gasteiger partial charge in [-0.2, -0.15) is 0 Å². The predicted molar refractivity (Wildman–Crippen MR) is 127 cm³/mol. The number of ether oxygens (including phenoxy) is 1. The van der Waals surface area contributed by atoms with Crippen LogP contribution in [0.25, 0.3) is 22.0 Å². The third-order valence-corrected chi connectivity index (χ3v) is 6.11. The van der Waals surface area contributed by atoms with E-state index in [1.165, 1.54) is 4.90 Å². The number of nitrogens with zero attached hydrogens (tertiary/aromatic N) is 3. The van der Waals surface area contributed by atoms with Crippen LogP contribution in [0.3, 0.4) is 0 Å². The largest absolute Gasteiger partial charge is 0.497 e. The van der Waals surface area contributed by atoms with E-state index in [9.17, 15) is 9.59 Å². The molecular weight excluding hydrogens is 416 g/mol. The fraction of sp³-hybridized carbons (Fsp3) is 0.192. The number of fused-ring (bicyclic) bond motifs is 2. The van der Waals surface area contributed by atoms with E-state index < -0.39 is 0 Å². The van der Waals surface area contributed by atoms with Crippen LogP contribution in [0, 0.1) is 0 Å². The Morgan fingerprint density at radius 1 is 0.909 bits per heavy atom. The lowest BCUT2D eigenvalue weighted by atomic mass is 10.1. The normalized spacial score (nSPS) is 13.1. The molecule has 0 fully saturated rings. The highest BCUT2D eigenvalue weighted by Crippen LogP contribution is 2.35. The molecule has 7 nitrogen and oxygen atoms in total. The topological polar surface area (TPSA) is 90.5 Å². The Bertz CT molecular complexity index is 1340. The summed E-state index contributed by atoms with van der Waals surface area (Å²) in [5.41, 5.74) is 10.2. The number of benzene rings is 2. The number of anilines is 1. The Balaban J connectivity index is 1.34. The summed E-state index contributed by atoms with van der Waals surface area (Å²) in [5.74, 6) is 0.842. The second kappa shape index (κ2) is 8.43. The molecule has 2 aromatic heterocycles. The first-order valence-corrected chi connectivity index (χ1v) is 10.9. The lowest BCUT2D eigenvalue weighted by molar-refractivity contribution is 0.0651. The summed E-state index contributed by atoms with van der Waals surface area (Å²) in [6.45, 7) is 1.13. The van der Waals surface area contributed by atoms with Gasteiger partial charge in [0.25, 0.3) is 11.8 Å². The molecule has 7 heteroatoms. The summed E-state index contributed by atoms with van der Waals surface area (Å²) < 4.78 is 7.54. The first-order chi connectivity index (χ1) is 16.1. The van der Waals surface area contributed by atoms with Gasteiger partial charge in [-0.15, -0.1) is 0 Å². The second-order valence-corrected chi connectivity index (χ2v) is 8.07. The first kappa shape index (κ1) is 20.8. The molecule has 33 heavy (non-hydrogen) atoms. The highest BCUT2D eigenvalue weighted by atomic mass is 16.5. The van der Waals surface area contributed by atoms with Crippen LogP contribution in [0.4, 0.5) is 5.82 Å². The number of aryl methyl sites for hydroxylation is 1. The second-order valence-electron chi connectivity index (χ2n) is 8.07. The number of unbranched alkanes of at least 4 members (excludes halogenated alkanes) is 1. The minimum Gasteiger partial charge on any atom is -0.497 e. The van der Waals surface area contributed by atoms with Gasteiger partial charge < -0.3 is 15.0 Å². The molecule has 0 saturated carbocycles. The molecule has 0 spiro atoms. The number of nitrogens with two attached hydrogens (primary N) is 1. The molecular formula is C26H24N4O3. The number of carbonyl (C=O) groups is 2. The standard InChI is InChI=1S/C26H24N4O3/c1-33-18-8-6-7-17(15-18)21-16-29(22-11-12-28-24(27)23(21)22)13-4-5-14-30-25(31)19-9-2-3-10-20(19)26(30)32/h2-3,6-12,15-16H,4-5,13-14H2,1H3,(H2,27,28). The first-order valence-electron chi connectivity index (χ1n) is 10.9. The zero-order valence-corrected chi connectivity index (χ0v) is 18.3. The number of imide groups is 1. The van der Waals surface area contributed by atoms with Crippen molar-refractivity contribution < 1.29 is 14.3 Å². The van der Waals surface area contributed by atoms with E-state index >= 15 is 0 Å². The molecule has 0 saturated heterocycles. The van der Waals surface area contributed by atoms with Crippen LogP contribution in [-0.4, -0.2) is 39.9 Å². The van der Waals surface area contributed by atoms with E-state index in [2.05, 4.69) is 15.7 Å². The molecule has 0 radical (unpaired) electrons. The number of hydrogen-bond donors (Lipinski definition) is 1. The Morgan fingerprint density at radius 2 is 1.64 bits per heavy atom. The summed E-state index contributed by atoms with van der Waals surface area (Å²) in [5, 5.41) is 0.908. The fourth-order valence-electron chi connectivity index (χ4n) is 4.46. The summed E-state index contributed by atoms with van der Waals surface area (Å²) in [7, 11) is 1.65. The van der Waals surface area contributed by atoms with E-state index in [0.717, 1.165) is 40.7 Å². The Kier molecular flexibility index (Phi) is 5.30. The Hall–Kier alpha value is -4.13. The van der Waals surface area contributed by atoms with Crippen molar-refractivity contribution >= 4 is 28.5 Å². The van der Waals surface area contributed by atoms with Gasteiger partial charge in [0.2, 0.25) is 0 Å². The fourth-order valence-corrected chi connectivity index (χ4v) is 4.46. The highest BCUT2D eigenvalue weighted by molar-refractivity contribution is 6.21. The van der Waals surface area contributed by atoms with Gasteiger partial charge in [-0.05, 0) is 48.7 Å². The number of nitrogen functional groups attached to an aromatic ring is 1. The number of aromatic nitrogens is 2. The summed E-state index contributed by atoms with van der Waals surface area (Å²) in [6.07, 6.45) is 5.30. The maximum absolute atomic E-state index is 12.6. The SMILES string of the molecule is COc1cccc(-c2cn(CCCCN3C(=O)c4ccccc4C3=O)c3ccnc(N)c23)c1. The predicted octanol–water partition coefficient (Wildman–Crippen LogP) is 4.37. The lowest BCUT2D eigenvalue weighted by Gasteiger charge is -2.14. The monoisotopic (exact) mass is 440 g/mol. The van der Waals surface area contributed by atoms with Crippen LogP contribution >= 0.6 is 0 Å². The van der Waals surface area contributed by atoms with Gasteiger partial charge in [-0.3, -0.25) is 14.5 Å². The quantitative estimate of drug-likeness (QED) is 0.340. The summed E-state index contributed by atoms with van der Waals surface area (Å²) >= 11 is 0. The molecule has 1 aliphatic rings. The molecule has 3 heterocycles. The average molecular weight is 441 g/mol. The van der Waals surface area contributed by atoms with E-state index in [1.54, 1.807) is 37.6 Å². The maximum atomic E-state index is 12.6. The molecule has 166 valence electrons. The number of hydrogen-bond acceptors (Lipinski definition) is 5. The van der Waals surface area contributed by atoms with Gasteiger partial charge >= 0.3 is 0 Å². The average Bonchev–Trinajstić information content (AvgIpc) is 3.34. The molecule has 0 bridgehead atoms. The van der Waals surface area contributed by atoms with Crippen molar-refractivity contribution in [2.24, 2.45) is 0 Å². The van der Waals surface area contributed by atoms with Gasteiger partial charge in [0.15, 0.2) is 0 Å². The van der Waals surface area contributed by atoms with Crippen LogP contribution < -0.4 is 10.5 Å². The van der Waals surface area contributed by atoms with Gasteiger partial charge in [-0.1, -0.05) is 24.3 Å². The molecule has 4 aromatic rings. The molecule has 0 aliphatic carbocycles. The highest BCUT2D eigenvalue weighted by Gasteiger charge is 2.34. The Labute approximate surface area is 191 Å². The minimum absolute atomic E-state index is 0.207. The third-order valence-electron chi connectivity index (χ3n) is 6.11. The van der Waals surface area contributed by atoms with E-state index in [1.807, 2.05) is 30.3 Å². The van der Waals surface area contributed by atoms with Crippen LogP contribution in [-0.2, 0) is 6.54 Å². The van der Waals surface area contributed by atoms with Crippen LogP contribution in [0.15, 0.2) is 67.0 Å². The minimum atomic E-state index is -0.207. The summed E-state index contributed by atoms with van der Waals surface area (Å²) in [4.78, 5) is 30.8. The molecule has 1 aliphatic heterocycles. The lowest BCUT2D eigenvalue weighted by Crippen LogP contribution is -2.30. The van der Waals surface area contributed by atoms with E-state index in [4.69, 9.17) is 10.5 Å². The van der Waals surface area contributed by atoms with Gasteiger partial charge in [0.1, 0.15) is 11.6 Å². The number of rotatable bonds is 7. The van der Waals surface area contributed by atoms with Crippen molar-refractivity contribution in [1.82, 2.24) is 14.5 Å². The Morgan fingerprint density at radius 3 is 2.36 bits per heavy atom. The molecule has 0 atom stereocenters. The van der Waals surface area contributed by atoms with Crippen molar-refractivity contribution in [3.8, 4) is 16.9 Å². The maximum Gasteiger partial charge on any atom is 0.261 e. The van der Waals surface area contributed by atoms with E-state index in [-0.39, 0.29) is 11.8 Å². The molecule has 0 unspecified atom stereocenters. The van der Waals surface area contributed by atoms with Crippen molar-refractivity contribution in [2.45, 2.75) is 19.4 Å². The van der Waals surface area contributed by atoms with Crippen LogP contribution in [0.2, 0.25) is 0 Å². The number of pyridine rings is 1. The van der Waals surface area contributed by atoms with Crippen molar-refractivity contribution in [3.05, 3.63) is 78.1 Å². The van der Waals surface area contributed by atoms with Gasteiger partial charge in [-0.25, -0.2) is 4.98 Å². The molecule has 5 rings (SSSR count). The van der Waals surface area contributed by atoms with Crippen molar-refractivity contribution in [2.75, 3.05) is 19.4 Å². The number of carbonyl (C=O) groups excluding carboxylic acids is 2.